The average Bonchev–Trinajstić information content (AvgIpc) is 2.75. The highest BCUT2D eigenvalue weighted by atomic mass is 16.3. The normalized spacial score (nSPS) is 15.6. The van der Waals surface area contributed by atoms with Gasteiger partial charge in [-0.25, -0.2) is 9.48 Å². The Labute approximate surface area is 139 Å². The van der Waals surface area contributed by atoms with E-state index in [0.717, 1.165) is 12.1 Å². The zero-order valence-electron chi connectivity index (χ0n) is 13.9. The predicted molar refractivity (Wildman–Crippen MR) is 91.6 cm³/mol. The summed E-state index contributed by atoms with van der Waals surface area (Å²) in [5.74, 6) is 0. The van der Waals surface area contributed by atoms with Crippen molar-refractivity contribution in [3.63, 3.8) is 0 Å². The Kier molecular flexibility index (Phi) is 4.19. The topological polar surface area (TPSA) is 88.3 Å². The number of rotatable bonds is 4. The number of carbonyl (C=O) groups is 1. The van der Waals surface area contributed by atoms with E-state index in [1.807, 2.05) is 30.3 Å². The number of amides is 2. The molecule has 3 rings (SSSR count). The second kappa shape index (κ2) is 6.16. The first-order valence-electron chi connectivity index (χ1n) is 8.02. The fraction of sp³-hybridized carbons (Fsp3) is 0.412. The third kappa shape index (κ3) is 2.94. The third-order valence-electron chi connectivity index (χ3n) is 4.66. The van der Waals surface area contributed by atoms with E-state index >= 15 is 0 Å². The molecule has 2 amide bonds. The molecular weight excluding hydrogens is 308 g/mol. The minimum absolute atomic E-state index is 0.192. The molecule has 1 saturated carbocycles. The van der Waals surface area contributed by atoms with Crippen molar-refractivity contribution >= 4 is 11.7 Å². The summed E-state index contributed by atoms with van der Waals surface area (Å²) < 4.78 is 3.21. The number of aliphatic hydroxyl groups is 1. The Balaban J connectivity index is 1.79. The summed E-state index contributed by atoms with van der Waals surface area (Å²) >= 11 is 0. The highest BCUT2D eigenvalue weighted by molar-refractivity contribution is 5.89. The molecule has 7 nitrogen and oxygen atoms in total. The maximum absolute atomic E-state index is 12.7. The van der Waals surface area contributed by atoms with Crippen molar-refractivity contribution in [3.8, 4) is 5.69 Å². The highest BCUT2D eigenvalue weighted by Crippen LogP contribution is 2.30. The van der Waals surface area contributed by atoms with Crippen molar-refractivity contribution in [2.45, 2.75) is 31.8 Å². The fourth-order valence-electron chi connectivity index (χ4n) is 2.88. The first-order valence-corrected chi connectivity index (χ1v) is 8.02. The van der Waals surface area contributed by atoms with Crippen LogP contribution in [0.25, 0.3) is 5.69 Å². The van der Waals surface area contributed by atoms with Crippen LogP contribution in [0, 0.1) is 6.92 Å². The van der Waals surface area contributed by atoms with Gasteiger partial charge < -0.3 is 15.7 Å². The molecule has 3 N–H and O–H groups in total. The number of nitrogens with zero attached hydrogens (tertiary/aromatic N) is 2. The van der Waals surface area contributed by atoms with Crippen molar-refractivity contribution in [2.75, 3.05) is 11.9 Å². The molecule has 7 heteroatoms. The van der Waals surface area contributed by atoms with Crippen LogP contribution in [0.1, 0.15) is 25.0 Å². The second-order valence-corrected chi connectivity index (χ2v) is 6.32. The van der Waals surface area contributed by atoms with Crippen molar-refractivity contribution in [1.82, 2.24) is 14.7 Å². The van der Waals surface area contributed by atoms with Crippen molar-refractivity contribution in [2.24, 2.45) is 7.05 Å². The Morgan fingerprint density at radius 2 is 1.96 bits per heavy atom. The minimum atomic E-state index is -0.798. The third-order valence-corrected chi connectivity index (χ3v) is 4.66. The van der Waals surface area contributed by atoms with Gasteiger partial charge in [0.25, 0.3) is 5.56 Å². The zero-order chi connectivity index (χ0) is 17.3. The molecule has 1 aromatic carbocycles. The van der Waals surface area contributed by atoms with Crippen LogP contribution in [0.15, 0.2) is 35.1 Å². The molecule has 0 radical (unpaired) electrons. The maximum Gasteiger partial charge on any atom is 0.319 e. The molecule has 2 aromatic rings. The maximum atomic E-state index is 12.7. The van der Waals surface area contributed by atoms with E-state index in [2.05, 4.69) is 10.6 Å². The van der Waals surface area contributed by atoms with E-state index in [9.17, 15) is 14.7 Å². The van der Waals surface area contributed by atoms with Crippen LogP contribution >= 0.6 is 0 Å². The molecule has 0 spiro atoms. The Morgan fingerprint density at radius 3 is 2.54 bits per heavy atom. The van der Waals surface area contributed by atoms with Crippen LogP contribution in [0.5, 0.6) is 0 Å². The number of urea groups is 1. The van der Waals surface area contributed by atoms with Gasteiger partial charge in [-0.15, -0.1) is 0 Å². The number of nitrogens with one attached hydrogen (secondary N) is 2. The molecule has 0 bridgehead atoms. The lowest BCUT2D eigenvalue weighted by atomic mass is 9.80. The van der Waals surface area contributed by atoms with Crippen LogP contribution in [0.4, 0.5) is 10.5 Å². The lowest BCUT2D eigenvalue weighted by Gasteiger charge is -2.36. The first-order chi connectivity index (χ1) is 11.4. The Morgan fingerprint density at radius 1 is 1.29 bits per heavy atom. The van der Waals surface area contributed by atoms with Gasteiger partial charge in [-0.3, -0.25) is 9.48 Å². The Bertz CT molecular complexity index is 803. The molecular formula is C17H22N4O3. The lowest BCUT2D eigenvalue weighted by molar-refractivity contribution is -0.0287. The molecule has 128 valence electrons. The average molecular weight is 330 g/mol. The molecule has 0 atom stereocenters. The molecule has 1 heterocycles. The van der Waals surface area contributed by atoms with Crippen molar-refractivity contribution in [3.05, 3.63) is 46.4 Å². The summed E-state index contributed by atoms with van der Waals surface area (Å²) in [6.07, 6.45) is 2.36. The van der Waals surface area contributed by atoms with Gasteiger partial charge in [0.15, 0.2) is 0 Å². The summed E-state index contributed by atoms with van der Waals surface area (Å²) in [6, 6.07) is 8.75. The van der Waals surface area contributed by atoms with Gasteiger partial charge in [0.05, 0.1) is 17.0 Å². The van der Waals surface area contributed by atoms with E-state index < -0.39 is 11.6 Å². The highest BCUT2D eigenvalue weighted by Gasteiger charge is 2.34. The number of benzene rings is 1. The molecule has 1 fully saturated rings. The molecule has 24 heavy (non-hydrogen) atoms. The van der Waals surface area contributed by atoms with Crippen LogP contribution in [0.3, 0.4) is 0 Å². The summed E-state index contributed by atoms with van der Waals surface area (Å²) in [4.78, 5) is 24.7. The smallest absolute Gasteiger partial charge is 0.319 e. The van der Waals surface area contributed by atoms with E-state index in [1.54, 1.807) is 18.7 Å². The van der Waals surface area contributed by atoms with Gasteiger partial charge in [-0.2, -0.15) is 0 Å². The summed E-state index contributed by atoms with van der Waals surface area (Å²) in [5, 5.41) is 15.3. The summed E-state index contributed by atoms with van der Waals surface area (Å²) in [6.45, 7) is 1.97. The number of anilines is 1. The van der Waals surface area contributed by atoms with Crippen molar-refractivity contribution in [1.29, 1.82) is 0 Å². The van der Waals surface area contributed by atoms with Gasteiger partial charge >= 0.3 is 6.03 Å². The van der Waals surface area contributed by atoms with E-state index in [4.69, 9.17) is 0 Å². The first kappa shape index (κ1) is 16.3. The number of hydrogen-bond donors (Lipinski definition) is 3. The Hall–Kier alpha value is -2.54. The monoisotopic (exact) mass is 330 g/mol. The molecule has 1 aliphatic rings. The molecule has 1 aliphatic carbocycles. The van der Waals surface area contributed by atoms with Gasteiger partial charge in [-0.05, 0) is 38.3 Å². The zero-order valence-corrected chi connectivity index (χ0v) is 13.9. The van der Waals surface area contributed by atoms with Gasteiger partial charge in [0.1, 0.15) is 5.69 Å². The van der Waals surface area contributed by atoms with Crippen molar-refractivity contribution < 1.29 is 9.90 Å². The molecule has 0 saturated heterocycles. The number of hydrogen-bond acceptors (Lipinski definition) is 3. The van der Waals surface area contributed by atoms with Crippen LogP contribution in [-0.4, -0.2) is 32.6 Å². The van der Waals surface area contributed by atoms with Crippen LogP contribution < -0.4 is 16.2 Å². The SMILES string of the molecule is Cc1c(NC(=O)NCC2(O)CCC2)c(=O)n(-c2ccccc2)n1C. The standard InChI is InChI=1S/C17H22N4O3/c1-12-14(19-16(23)18-11-17(24)9-6-10-17)15(22)21(20(12)2)13-7-4-3-5-8-13/h3-5,7-8,24H,6,9-11H2,1-2H3,(H2,18,19,23). The van der Waals surface area contributed by atoms with Crippen LogP contribution in [-0.2, 0) is 7.05 Å². The number of para-hydroxylation sites is 1. The van der Waals surface area contributed by atoms with E-state index in [1.165, 1.54) is 4.68 Å². The van der Waals surface area contributed by atoms with Crippen LogP contribution in [0.2, 0.25) is 0 Å². The number of carbonyl (C=O) groups excluding carboxylic acids is 1. The second-order valence-electron chi connectivity index (χ2n) is 6.32. The van der Waals surface area contributed by atoms with E-state index in [0.29, 0.717) is 18.5 Å². The molecule has 1 aromatic heterocycles. The minimum Gasteiger partial charge on any atom is -0.388 e. The van der Waals surface area contributed by atoms with Gasteiger partial charge in [0.2, 0.25) is 0 Å². The largest absolute Gasteiger partial charge is 0.388 e. The van der Waals surface area contributed by atoms with Gasteiger partial charge in [-0.1, -0.05) is 18.2 Å². The van der Waals surface area contributed by atoms with Gasteiger partial charge in [0, 0.05) is 13.6 Å². The fourth-order valence-corrected chi connectivity index (χ4v) is 2.88. The van der Waals surface area contributed by atoms with E-state index in [-0.39, 0.29) is 17.8 Å². The molecule has 0 aliphatic heterocycles. The summed E-state index contributed by atoms with van der Waals surface area (Å²) in [7, 11) is 1.77. The lowest BCUT2D eigenvalue weighted by Crippen LogP contribution is -2.48. The number of aromatic nitrogens is 2. The predicted octanol–water partition coefficient (Wildman–Crippen LogP) is 1.52. The summed E-state index contributed by atoms with van der Waals surface area (Å²) in [5.41, 5.74) is 0.526. The molecule has 0 unspecified atom stereocenters. The quantitative estimate of drug-likeness (QED) is 0.794.